The monoisotopic (exact) mass is 306 g/mol. The number of nitrogens with two attached hydrogens (primary N) is 1. The summed E-state index contributed by atoms with van der Waals surface area (Å²) in [6.07, 6.45) is 3.40. The van der Waals surface area contributed by atoms with E-state index in [1.807, 2.05) is 42.5 Å². The molecule has 0 amide bonds. The molecule has 0 unspecified atom stereocenters. The molecule has 0 saturated carbocycles. The largest absolute Gasteiger partial charge is 0.481 e. The molecule has 0 aromatic heterocycles. The highest BCUT2D eigenvalue weighted by Crippen LogP contribution is 2.25. The number of carboxylic acids is 1. The predicted molar refractivity (Wildman–Crippen MR) is 91.4 cm³/mol. The summed E-state index contributed by atoms with van der Waals surface area (Å²) < 4.78 is 0. The standard InChI is InChI=1S/C19H18N2O2/c20-13-15-6-4-14(5-7-15)12-17(2-1-3-19(22)23)16-8-10-18(21)11-9-16/h4-12H,1-3,21H2,(H,22,23). The number of benzene rings is 2. The van der Waals surface area contributed by atoms with Gasteiger partial charge in [-0.2, -0.15) is 5.26 Å². The third-order valence-electron chi connectivity index (χ3n) is 3.50. The second kappa shape index (κ2) is 7.81. The van der Waals surface area contributed by atoms with Gasteiger partial charge in [0.15, 0.2) is 0 Å². The van der Waals surface area contributed by atoms with Crippen molar-refractivity contribution in [3.05, 3.63) is 65.2 Å². The van der Waals surface area contributed by atoms with E-state index in [1.54, 1.807) is 12.1 Å². The molecule has 2 rings (SSSR count). The van der Waals surface area contributed by atoms with Gasteiger partial charge in [0.25, 0.3) is 0 Å². The van der Waals surface area contributed by atoms with Crippen LogP contribution < -0.4 is 5.73 Å². The molecule has 0 saturated heterocycles. The van der Waals surface area contributed by atoms with Gasteiger partial charge >= 0.3 is 5.97 Å². The molecule has 0 aliphatic carbocycles. The highest BCUT2D eigenvalue weighted by molar-refractivity contribution is 5.82. The first kappa shape index (κ1) is 16.3. The van der Waals surface area contributed by atoms with Gasteiger partial charge in [-0.05, 0) is 53.8 Å². The normalized spacial score (nSPS) is 11.0. The first-order valence-corrected chi connectivity index (χ1v) is 7.37. The molecular weight excluding hydrogens is 288 g/mol. The molecule has 0 aliphatic heterocycles. The number of nitriles is 1. The van der Waals surface area contributed by atoms with Gasteiger partial charge in [-0.25, -0.2) is 0 Å². The number of allylic oxidation sites excluding steroid dienone is 1. The summed E-state index contributed by atoms with van der Waals surface area (Å²) in [7, 11) is 0. The van der Waals surface area contributed by atoms with Crippen LogP contribution in [0.25, 0.3) is 11.6 Å². The first-order valence-electron chi connectivity index (χ1n) is 7.37. The predicted octanol–water partition coefficient (Wildman–Crippen LogP) is 3.94. The van der Waals surface area contributed by atoms with Gasteiger partial charge in [-0.15, -0.1) is 0 Å². The van der Waals surface area contributed by atoms with Gasteiger partial charge in [0.2, 0.25) is 0 Å². The van der Waals surface area contributed by atoms with E-state index in [9.17, 15) is 4.79 Å². The number of aliphatic carboxylic acids is 1. The van der Waals surface area contributed by atoms with Gasteiger partial charge in [0.05, 0.1) is 11.6 Å². The molecule has 4 nitrogen and oxygen atoms in total. The Hall–Kier alpha value is -3.06. The van der Waals surface area contributed by atoms with E-state index in [2.05, 4.69) is 6.07 Å². The molecule has 3 N–H and O–H groups in total. The van der Waals surface area contributed by atoms with Crippen molar-refractivity contribution in [3.63, 3.8) is 0 Å². The number of hydrogen-bond donors (Lipinski definition) is 2. The Bertz CT molecular complexity index is 738. The molecule has 2 aromatic rings. The minimum absolute atomic E-state index is 0.139. The van der Waals surface area contributed by atoms with Gasteiger partial charge in [-0.3, -0.25) is 4.79 Å². The fourth-order valence-electron chi connectivity index (χ4n) is 2.28. The van der Waals surface area contributed by atoms with Crippen LogP contribution in [0.4, 0.5) is 5.69 Å². The fourth-order valence-corrected chi connectivity index (χ4v) is 2.28. The highest BCUT2D eigenvalue weighted by atomic mass is 16.4. The molecule has 116 valence electrons. The van der Waals surface area contributed by atoms with Gasteiger partial charge in [0, 0.05) is 12.1 Å². The van der Waals surface area contributed by atoms with Crippen LogP contribution in [0.1, 0.15) is 36.0 Å². The van der Waals surface area contributed by atoms with Crippen LogP contribution in [0.3, 0.4) is 0 Å². The topological polar surface area (TPSA) is 87.1 Å². The molecule has 0 spiro atoms. The summed E-state index contributed by atoms with van der Waals surface area (Å²) in [6.45, 7) is 0. The summed E-state index contributed by atoms with van der Waals surface area (Å²) in [5, 5.41) is 17.7. The molecule has 23 heavy (non-hydrogen) atoms. The number of anilines is 1. The molecule has 2 aromatic carbocycles. The lowest BCUT2D eigenvalue weighted by molar-refractivity contribution is -0.137. The summed E-state index contributed by atoms with van der Waals surface area (Å²) >= 11 is 0. The van der Waals surface area contributed by atoms with E-state index in [4.69, 9.17) is 16.1 Å². The van der Waals surface area contributed by atoms with Crippen molar-refractivity contribution in [1.29, 1.82) is 5.26 Å². The van der Waals surface area contributed by atoms with E-state index < -0.39 is 5.97 Å². The molecule has 0 radical (unpaired) electrons. The summed E-state index contributed by atoms with van der Waals surface area (Å²) in [5.74, 6) is -0.792. The van der Waals surface area contributed by atoms with Gasteiger partial charge in [-0.1, -0.05) is 30.3 Å². The lowest BCUT2D eigenvalue weighted by atomic mass is 9.97. The van der Waals surface area contributed by atoms with Crippen LogP contribution in [0.5, 0.6) is 0 Å². The molecular formula is C19H18N2O2. The molecule has 0 aliphatic rings. The number of nitrogen functional groups attached to an aromatic ring is 1. The Morgan fingerprint density at radius 2 is 1.74 bits per heavy atom. The van der Waals surface area contributed by atoms with Crippen molar-refractivity contribution in [2.24, 2.45) is 0 Å². The zero-order chi connectivity index (χ0) is 16.7. The number of carboxylic acid groups (broad SMARTS) is 1. The highest BCUT2D eigenvalue weighted by Gasteiger charge is 2.05. The van der Waals surface area contributed by atoms with Crippen LogP contribution >= 0.6 is 0 Å². The number of rotatable bonds is 6. The van der Waals surface area contributed by atoms with E-state index in [0.717, 1.165) is 16.7 Å². The molecule has 0 atom stereocenters. The van der Waals surface area contributed by atoms with Crippen molar-refractivity contribution < 1.29 is 9.90 Å². The Morgan fingerprint density at radius 1 is 1.09 bits per heavy atom. The van der Waals surface area contributed by atoms with Gasteiger partial charge < -0.3 is 10.8 Å². The Labute approximate surface area is 135 Å². The molecule has 0 fully saturated rings. The van der Waals surface area contributed by atoms with Crippen LogP contribution in [0.2, 0.25) is 0 Å². The van der Waals surface area contributed by atoms with Crippen LogP contribution in [-0.4, -0.2) is 11.1 Å². The smallest absolute Gasteiger partial charge is 0.303 e. The number of hydrogen-bond acceptors (Lipinski definition) is 3. The van der Waals surface area contributed by atoms with Crippen molar-refractivity contribution in [3.8, 4) is 6.07 Å². The SMILES string of the molecule is N#Cc1ccc(C=C(CCCC(=O)O)c2ccc(N)cc2)cc1. The maximum Gasteiger partial charge on any atom is 0.303 e. The van der Waals surface area contributed by atoms with E-state index in [0.29, 0.717) is 24.1 Å². The Kier molecular flexibility index (Phi) is 5.54. The number of carbonyl (C=O) groups is 1. The summed E-state index contributed by atoms with van der Waals surface area (Å²) in [4.78, 5) is 10.7. The fraction of sp³-hybridized carbons (Fsp3) is 0.158. The lowest BCUT2D eigenvalue weighted by Crippen LogP contribution is -1.95. The third kappa shape index (κ3) is 5.01. The molecule has 4 heteroatoms. The van der Waals surface area contributed by atoms with Crippen molar-refractivity contribution in [2.45, 2.75) is 19.3 Å². The third-order valence-corrected chi connectivity index (χ3v) is 3.50. The summed E-state index contributed by atoms with van der Waals surface area (Å²) in [5.41, 5.74) is 10.1. The average molecular weight is 306 g/mol. The maximum atomic E-state index is 10.7. The Balaban J connectivity index is 2.27. The average Bonchev–Trinajstić information content (AvgIpc) is 2.55. The minimum Gasteiger partial charge on any atom is -0.481 e. The lowest BCUT2D eigenvalue weighted by Gasteiger charge is -2.08. The zero-order valence-corrected chi connectivity index (χ0v) is 12.7. The van der Waals surface area contributed by atoms with Crippen LogP contribution in [0, 0.1) is 11.3 Å². The van der Waals surface area contributed by atoms with Crippen LogP contribution in [0.15, 0.2) is 48.5 Å². The molecule has 0 bridgehead atoms. The molecule has 0 heterocycles. The van der Waals surface area contributed by atoms with Crippen LogP contribution in [-0.2, 0) is 4.79 Å². The van der Waals surface area contributed by atoms with Crippen molar-refractivity contribution in [2.75, 3.05) is 5.73 Å². The second-order valence-corrected chi connectivity index (χ2v) is 5.27. The minimum atomic E-state index is -0.792. The van der Waals surface area contributed by atoms with E-state index in [-0.39, 0.29) is 6.42 Å². The van der Waals surface area contributed by atoms with Crippen molar-refractivity contribution in [1.82, 2.24) is 0 Å². The van der Waals surface area contributed by atoms with E-state index >= 15 is 0 Å². The second-order valence-electron chi connectivity index (χ2n) is 5.27. The quantitative estimate of drug-likeness (QED) is 0.625. The van der Waals surface area contributed by atoms with Gasteiger partial charge in [0.1, 0.15) is 0 Å². The maximum absolute atomic E-state index is 10.7. The van der Waals surface area contributed by atoms with Crippen molar-refractivity contribution >= 4 is 23.3 Å². The number of nitrogens with zero attached hydrogens (tertiary/aromatic N) is 1. The zero-order valence-electron chi connectivity index (χ0n) is 12.7. The summed E-state index contributed by atoms with van der Waals surface area (Å²) in [6, 6.07) is 16.9. The Morgan fingerprint density at radius 3 is 2.30 bits per heavy atom. The van der Waals surface area contributed by atoms with E-state index in [1.165, 1.54) is 0 Å². The first-order chi connectivity index (χ1) is 11.1.